The number of aromatic hydroxyl groups is 1. The number of phenols is 1. The Hall–Kier alpha value is -2.87. The van der Waals surface area contributed by atoms with Crippen LogP contribution in [0.3, 0.4) is 0 Å². The number of aromatic nitrogens is 1. The predicted octanol–water partition coefficient (Wildman–Crippen LogP) is 4.82. The summed E-state index contributed by atoms with van der Waals surface area (Å²) >= 11 is 0. The van der Waals surface area contributed by atoms with Gasteiger partial charge in [-0.2, -0.15) is 13.2 Å². The van der Waals surface area contributed by atoms with Crippen molar-refractivity contribution in [2.45, 2.75) is 50.9 Å². The number of rotatable bonds is 5. The van der Waals surface area contributed by atoms with Crippen LogP contribution in [-0.4, -0.2) is 26.6 Å². The topological polar surface area (TPSA) is 62.5 Å². The Morgan fingerprint density at radius 1 is 1.03 bits per heavy atom. The molecule has 0 aliphatic carbocycles. The number of hydrogen-bond acceptors (Lipinski definition) is 3. The molecule has 3 aromatic rings. The number of benzene rings is 2. The van der Waals surface area contributed by atoms with Crippen molar-refractivity contribution in [3.05, 3.63) is 75.8 Å². The normalized spacial score (nSPS) is 14.6. The standard InChI is InChI=1S/C23H23F4NO3/c1-14-10-15-6-4-5-7-18(15)28(20(14)30)13-22(31,23(25,26)27)12-21(2,3)17-11-16(24)8-9-19(17)29/h4-11,29,31H,12-13H2,1-3H3. The van der Waals surface area contributed by atoms with Crippen molar-refractivity contribution in [2.75, 3.05) is 0 Å². The first-order valence-corrected chi connectivity index (χ1v) is 9.62. The van der Waals surface area contributed by atoms with Crippen LogP contribution in [-0.2, 0) is 12.0 Å². The fourth-order valence-electron chi connectivity index (χ4n) is 4.01. The third kappa shape index (κ3) is 4.30. The fraction of sp³-hybridized carbons (Fsp3) is 0.348. The van der Waals surface area contributed by atoms with Crippen molar-refractivity contribution in [2.24, 2.45) is 0 Å². The first kappa shape index (κ1) is 22.8. The maximum Gasteiger partial charge on any atom is 0.418 e. The molecule has 1 aromatic heterocycles. The molecule has 166 valence electrons. The average Bonchev–Trinajstić information content (AvgIpc) is 2.66. The minimum absolute atomic E-state index is 0.0726. The molecule has 0 amide bonds. The minimum Gasteiger partial charge on any atom is -0.508 e. The lowest BCUT2D eigenvalue weighted by Crippen LogP contribution is -2.53. The average molecular weight is 437 g/mol. The SMILES string of the molecule is Cc1cc2ccccc2n(CC(O)(CC(C)(C)c2cc(F)ccc2O)C(F)(F)F)c1=O. The Morgan fingerprint density at radius 3 is 2.32 bits per heavy atom. The summed E-state index contributed by atoms with van der Waals surface area (Å²) in [6, 6.07) is 11.0. The Bertz CT molecular complexity index is 1180. The number of nitrogens with zero attached hydrogens (tertiary/aromatic N) is 1. The summed E-state index contributed by atoms with van der Waals surface area (Å²) in [5.41, 5.74) is -5.02. The van der Waals surface area contributed by atoms with E-state index in [4.69, 9.17) is 0 Å². The molecule has 1 unspecified atom stereocenters. The lowest BCUT2D eigenvalue weighted by atomic mass is 9.74. The van der Waals surface area contributed by atoms with E-state index in [1.807, 2.05) is 0 Å². The van der Waals surface area contributed by atoms with Gasteiger partial charge in [0, 0.05) is 11.1 Å². The maximum atomic E-state index is 14.1. The van der Waals surface area contributed by atoms with E-state index in [2.05, 4.69) is 0 Å². The van der Waals surface area contributed by atoms with Gasteiger partial charge in [-0.15, -0.1) is 0 Å². The van der Waals surface area contributed by atoms with Crippen LogP contribution in [0.5, 0.6) is 5.75 Å². The second kappa shape index (κ2) is 7.67. The summed E-state index contributed by atoms with van der Waals surface area (Å²) in [4.78, 5) is 12.7. The summed E-state index contributed by atoms with van der Waals surface area (Å²) in [5, 5.41) is 21.5. The number of para-hydroxylation sites is 1. The fourth-order valence-corrected chi connectivity index (χ4v) is 4.01. The van der Waals surface area contributed by atoms with Gasteiger partial charge >= 0.3 is 6.18 Å². The summed E-state index contributed by atoms with van der Waals surface area (Å²) in [6.07, 6.45) is -6.01. The molecule has 8 heteroatoms. The van der Waals surface area contributed by atoms with Gasteiger partial charge in [0.15, 0.2) is 5.60 Å². The predicted molar refractivity (Wildman–Crippen MR) is 110 cm³/mol. The van der Waals surface area contributed by atoms with Gasteiger partial charge in [-0.1, -0.05) is 32.0 Å². The van der Waals surface area contributed by atoms with Crippen LogP contribution in [0, 0.1) is 12.7 Å². The lowest BCUT2D eigenvalue weighted by molar-refractivity contribution is -0.271. The third-order valence-corrected chi connectivity index (χ3v) is 5.55. The molecule has 0 fully saturated rings. The smallest absolute Gasteiger partial charge is 0.418 e. The summed E-state index contributed by atoms with van der Waals surface area (Å²) in [7, 11) is 0. The Balaban J connectivity index is 2.14. The Kier molecular flexibility index (Phi) is 5.65. The maximum absolute atomic E-state index is 14.1. The van der Waals surface area contributed by atoms with Crippen LogP contribution in [0.1, 0.15) is 31.4 Å². The number of pyridine rings is 1. The molecule has 0 aliphatic rings. The van der Waals surface area contributed by atoms with Gasteiger partial charge in [0.25, 0.3) is 5.56 Å². The second-order valence-electron chi connectivity index (χ2n) is 8.53. The van der Waals surface area contributed by atoms with Crippen molar-refractivity contribution in [1.29, 1.82) is 0 Å². The Labute approximate surface area is 176 Å². The number of halogens is 4. The molecule has 0 saturated carbocycles. The van der Waals surface area contributed by atoms with Crippen LogP contribution in [0.25, 0.3) is 10.9 Å². The summed E-state index contributed by atoms with van der Waals surface area (Å²) in [6.45, 7) is 3.19. The van der Waals surface area contributed by atoms with E-state index in [9.17, 15) is 32.6 Å². The number of phenolic OH excluding ortho intramolecular Hbond substituents is 1. The zero-order valence-electron chi connectivity index (χ0n) is 17.3. The third-order valence-electron chi connectivity index (χ3n) is 5.55. The summed E-state index contributed by atoms with van der Waals surface area (Å²) in [5.74, 6) is -1.11. The van der Waals surface area contributed by atoms with Crippen LogP contribution < -0.4 is 5.56 Å². The zero-order chi connectivity index (χ0) is 23.2. The number of hydrogen-bond donors (Lipinski definition) is 2. The summed E-state index contributed by atoms with van der Waals surface area (Å²) < 4.78 is 57.1. The largest absolute Gasteiger partial charge is 0.508 e. The van der Waals surface area contributed by atoms with Crippen molar-refractivity contribution in [1.82, 2.24) is 4.57 Å². The highest BCUT2D eigenvalue weighted by Crippen LogP contribution is 2.44. The number of aliphatic hydroxyl groups is 1. The molecule has 2 N–H and O–H groups in total. The molecular weight excluding hydrogens is 414 g/mol. The van der Waals surface area contributed by atoms with Gasteiger partial charge < -0.3 is 14.8 Å². The lowest BCUT2D eigenvalue weighted by Gasteiger charge is -2.38. The molecule has 0 bridgehead atoms. The van der Waals surface area contributed by atoms with Crippen LogP contribution in [0.2, 0.25) is 0 Å². The van der Waals surface area contributed by atoms with Gasteiger partial charge in [0.2, 0.25) is 0 Å². The van der Waals surface area contributed by atoms with E-state index in [0.717, 1.165) is 22.8 Å². The molecule has 0 spiro atoms. The molecule has 2 aromatic carbocycles. The highest BCUT2D eigenvalue weighted by atomic mass is 19.4. The molecule has 4 nitrogen and oxygen atoms in total. The van der Waals surface area contributed by atoms with Gasteiger partial charge in [-0.25, -0.2) is 4.39 Å². The highest BCUT2D eigenvalue weighted by Gasteiger charge is 2.56. The zero-order valence-corrected chi connectivity index (χ0v) is 17.3. The van der Waals surface area contributed by atoms with Crippen molar-refractivity contribution in [3.8, 4) is 5.75 Å². The monoisotopic (exact) mass is 437 g/mol. The van der Waals surface area contributed by atoms with Gasteiger partial charge in [0.1, 0.15) is 11.6 Å². The van der Waals surface area contributed by atoms with Crippen LogP contribution in [0.4, 0.5) is 17.6 Å². The number of fused-ring (bicyclic) bond motifs is 1. The van der Waals surface area contributed by atoms with Gasteiger partial charge in [-0.3, -0.25) is 4.79 Å². The van der Waals surface area contributed by atoms with E-state index >= 15 is 0 Å². The van der Waals surface area contributed by atoms with E-state index in [1.54, 1.807) is 24.3 Å². The van der Waals surface area contributed by atoms with Gasteiger partial charge in [0.05, 0.1) is 12.1 Å². The second-order valence-corrected chi connectivity index (χ2v) is 8.53. The first-order valence-electron chi connectivity index (χ1n) is 9.62. The molecule has 0 saturated heterocycles. The number of aryl methyl sites for hydroxylation is 1. The van der Waals surface area contributed by atoms with Crippen molar-refractivity contribution >= 4 is 10.9 Å². The first-order chi connectivity index (χ1) is 14.2. The molecule has 1 heterocycles. The molecule has 1 atom stereocenters. The van der Waals surface area contributed by atoms with E-state index in [1.165, 1.54) is 26.8 Å². The number of alkyl halides is 3. The van der Waals surface area contributed by atoms with Crippen LogP contribution in [0.15, 0.2) is 53.3 Å². The quantitative estimate of drug-likeness (QED) is 0.563. The molecule has 0 aliphatic heterocycles. The highest BCUT2D eigenvalue weighted by molar-refractivity contribution is 5.79. The molecular formula is C23H23F4NO3. The minimum atomic E-state index is -5.10. The molecule has 3 rings (SSSR count). The molecule has 0 radical (unpaired) electrons. The Morgan fingerprint density at radius 2 is 1.68 bits per heavy atom. The van der Waals surface area contributed by atoms with Crippen molar-refractivity contribution < 1.29 is 27.8 Å². The molecule has 31 heavy (non-hydrogen) atoms. The van der Waals surface area contributed by atoms with E-state index in [0.29, 0.717) is 5.39 Å². The van der Waals surface area contributed by atoms with Crippen molar-refractivity contribution in [3.63, 3.8) is 0 Å². The van der Waals surface area contributed by atoms with Crippen LogP contribution >= 0.6 is 0 Å². The van der Waals surface area contributed by atoms with E-state index in [-0.39, 0.29) is 22.4 Å². The van der Waals surface area contributed by atoms with Gasteiger partial charge in [-0.05, 0) is 54.5 Å². The van der Waals surface area contributed by atoms with E-state index < -0.39 is 41.5 Å².